The second-order valence-corrected chi connectivity index (χ2v) is 6.11. The Kier molecular flexibility index (Phi) is 2.85. The van der Waals surface area contributed by atoms with Crippen molar-refractivity contribution in [3.8, 4) is 0 Å². The first kappa shape index (κ1) is 11.4. The zero-order valence-electron chi connectivity index (χ0n) is 10.6. The molecule has 0 aromatic rings. The Morgan fingerprint density at radius 3 is 2.53 bits per heavy atom. The van der Waals surface area contributed by atoms with E-state index in [0.29, 0.717) is 16.9 Å². The molecule has 88 valence electrons. The Balaban J connectivity index is 1.99. The number of rotatable bonds is 4. The van der Waals surface area contributed by atoms with Gasteiger partial charge in [0, 0.05) is 19.7 Å². The molecule has 0 aromatic carbocycles. The quantitative estimate of drug-likeness (QED) is 0.721. The highest BCUT2D eigenvalue weighted by atomic mass is 16.5. The van der Waals surface area contributed by atoms with Crippen LogP contribution in [-0.2, 0) is 4.74 Å². The largest absolute Gasteiger partial charge is 0.383 e. The standard InChI is InChI=1S/C13H25NO/c1-12(2)10-5-6-13(12,3)11(9-10)14-7-8-15-4/h10-11,14H,5-9H2,1-4H3/t10?,11?,13-/m0/s1. The molecule has 0 aromatic heterocycles. The van der Waals surface area contributed by atoms with E-state index in [1.54, 1.807) is 7.11 Å². The van der Waals surface area contributed by atoms with Gasteiger partial charge in [-0.2, -0.15) is 0 Å². The molecule has 1 N–H and O–H groups in total. The van der Waals surface area contributed by atoms with E-state index in [2.05, 4.69) is 26.1 Å². The van der Waals surface area contributed by atoms with E-state index >= 15 is 0 Å². The molecule has 2 nitrogen and oxygen atoms in total. The number of nitrogens with one attached hydrogen (secondary N) is 1. The second-order valence-electron chi connectivity index (χ2n) is 6.11. The van der Waals surface area contributed by atoms with Gasteiger partial charge < -0.3 is 10.1 Å². The summed E-state index contributed by atoms with van der Waals surface area (Å²) >= 11 is 0. The predicted molar refractivity (Wildman–Crippen MR) is 62.9 cm³/mol. The molecule has 2 bridgehead atoms. The van der Waals surface area contributed by atoms with Gasteiger partial charge in [0.1, 0.15) is 0 Å². The van der Waals surface area contributed by atoms with Crippen LogP contribution < -0.4 is 5.32 Å². The molecule has 2 aliphatic carbocycles. The highest BCUT2D eigenvalue weighted by Gasteiger charge is 2.60. The molecule has 2 fully saturated rings. The molecule has 0 heterocycles. The van der Waals surface area contributed by atoms with Crippen LogP contribution in [0.2, 0.25) is 0 Å². The third-order valence-electron chi connectivity index (χ3n) is 5.49. The third kappa shape index (κ3) is 1.53. The van der Waals surface area contributed by atoms with E-state index in [1.807, 2.05) is 0 Å². The number of fused-ring (bicyclic) bond motifs is 2. The second kappa shape index (κ2) is 3.74. The summed E-state index contributed by atoms with van der Waals surface area (Å²) in [4.78, 5) is 0. The SMILES string of the molecule is COCCNC1CC2CC[C@]1(C)C2(C)C. The lowest BCUT2D eigenvalue weighted by Crippen LogP contribution is -2.45. The summed E-state index contributed by atoms with van der Waals surface area (Å²) in [6.45, 7) is 9.23. The number of ether oxygens (including phenoxy) is 1. The first-order valence-corrected chi connectivity index (χ1v) is 6.24. The van der Waals surface area contributed by atoms with Crippen LogP contribution in [0, 0.1) is 16.7 Å². The Labute approximate surface area is 93.8 Å². The van der Waals surface area contributed by atoms with Crippen LogP contribution in [0.15, 0.2) is 0 Å². The molecule has 0 radical (unpaired) electrons. The van der Waals surface area contributed by atoms with Crippen LogP contribution >= 0.6 is 0 Å². The van der Waals surface area contributed by atoms with E-state index in [9.17, 15) is 0 Å². The lowest BCUT2D eigenvalue weighted by atomic mass is 9.69. The van der Waals surface area contributed by atoms with Crippen LogP contribution in [-0.4, -0.2) is 26.3 Å². The fraction of sp³-hybridized carbons (Fsp3) is 1.00. The number of hydrogen-bond acceptors (Lipinski definition) is 2. The van der Waals surface area contributed by atoms with E-state index < -0.39 is 0 Å². The van der Waals surface area contributed by atoms with Crippen molar-refractivity contribution in [1.82, 2.24) is 5.32 Å². The van der Waals surface area contributed by atoms with Gasteiger partial charge >= 0.3 is 0 Å². The van der Waals surface area contributed by atoms with Crippen molar-refractivity contribution in [3.05, 3.63) is 0 Å². The Morgan fingerprint density at radius 2 is 2.07 bits per heavy atom. The van der Waals surface area contributed by atoms with Gasteiger partial charge in [0.25, 0.3) is 0 Å². The molecule has 0 saturated heterocycles. The highest BCUT2D eigenvalue weighted by molar-refractivity contribution is 5.12. The van der Waals surface area contributed by atoms with Gasteiger partial charge in [-0.3, -0.25) is 0 Å². The molecule has 0 aliphatic heterocycles. The monoisotopic (exact) mass is 211 g/mol. The molecule has 15 heavy (non-hydrogen) atoms. The summed E-state index contributed by atoms with van der Waals surface area (Å²) in [6, 6.07) is 0.710. The van der Waals surface area contributed by atoms with E-state index in [1.165, 1.54) is 19.3 Å². The molecule has 0 spiro atoms. The minimum atomic E-state index is 0.505. The van der Waals surface area contributed by atoms with Crippen molar-refractivity contribution in [2.45, 2.75) is 46.1 Å². The summed E-state index contributed by atoms with van der Waals surface area (Å²) in [6.07, 6.45) is 4.20. The zero-order chi connectivity index (χ0) is 11.1. The van der Waals surface area contributed by atoms with E-state index in [0.717, 1.165) is 19.1 Å². The summed E-state index contributed by atoms with van der Waals surface area (Å²) in [5.74, 6) is 0.933. The van der Waals surface area contributed by atoms with Crippen molar-refractivity contribution in [1.29, 1.82) is 0 Å². The summed E-state index contributed by atoms with van der Waals surface area (Å²) in [5.41, 5.74) is 1.03. The van der Waals surface area contributed by atoms with Crippen molar-refractivity contribution in [2.75, 3.05) is 20.3 Å². The lowest BCUT2D eigenvalue weighted by molar-refractivity contribution is 0.114. The van der Waals surface area contributed by atoms with E-state index in [-0.39, 0.29) is 0 Å². The number of methoxy groups -OCH3 is 1. The van der Waals surface area contributed by atoms with Crippen LogP contribution in [0.5, 0.6) is 0 Å². The maximum Gasteiger partial charge on any atom is 0.0587 e. The van der Waals surface area contributed by atoms with Crippen molar-refractivity contribution in [2.24, 2.45) is 16.7 Å². The van der Waals surface area contributed by atoms with Crippen LogP contribution in [0.4, 0.5) is 0 Å². The van der Waals surface area contributed by atoms with Crippen molar-refractivity contribution >= 4 is 0 Å². The van der Waals surface area contributed by atoms with Crippen LogP contribution in [0.1, 0.15) is 40.0 Å². The molecule has 3 atom stereocenters. The maximum atomic E-state index is 5.10. The minimum Gasteiger partial charge on any atom is -0.383 e. The summed E-state index contributed by atoms with van der Waals surface area (Å²) < 4.78 is 5.10. The first-order valence-electron chi connectivity index (χ1n) is 6.24. The van der Waals surface area contributed by atoms with Gasteiger partial charge in [0.15, 0.2) is 0 Å². The van der Waals surface area contributed by atoms with Gasteiger partial charge in [0.05, 0.1) is 6.61 Å². The molecule has 2 aliphatic rings. The van der Waals surface area contributed by atoms with Crippen LogP contribution in [0.25, 0.3) is 0 Å². The summed E-state index contributed by atoms with van der Waals surface area (Å²) in [5, 5.41) is 3.69. The normalized spacial score (nSPS) is 42.4. The lowest BCUT2D eigenvalue weighted by Gasteiger charge is -2.39. The predicted octanol–water partition coefficient (Wildman–Crippen LogP) is 2.44. The molecular formula is C13H25NO. The van der Waals surface area contributed by atoms with Gasteiger partial charge in [0.2, 0.25) is 0 Å². The molecule has 0 amide bonds. The fourth-order valence-corrected chi connectivity index (χ4v) is 3.85. The average molecular weight is 211 g/mol. The van der Waals surface area contributed by atoms with Gasteiger partial charge in [-0.05, 0) is 36.0 Å². The van der Waals surface area contributed by atoms with Gasteiger partial charge in [-0.15, -0.1) is 0 Å². The topological polar surface area (TPSA) is 21.3 Å². The molecule has 2 rings (SSSR count). The highest BCUT2D eigenvalue weighted by Crippen LogP contribution is 2.65. The van der Waals surface area contributed by atoms with Crippen molar-refractivity contribution in [3.63, 3.8) is 0 Å². The number of hydrogen-bond donors (Lipinski definition) is 1. The Morgan fingerprint density at radius 1 is 1.33 bits per heavy atom. The van der Waals surface area contributed by atoms with E-state index in [4.69, 9.17) is 4.74 Å². The van der Waals surface area contributed by atoms with Gasteiger partial charge in [-0.1, -0.05) is 20.8 Å². The molecule has 2 saturated carbocycles. The summed E-state index contributed by atoms with van der Waals surface area (Å²) in [7, 11) is 1.77. The van der Waals surface area contributed by atoms with Gasteiger partial charge in [-0.25, -0.2) is 0 Å². The maximum absolute atomic E-state index is 5.10. The zero-order valence-corrected chi connectivity index (χ0v) is 10.6. The van der Waals surface area contributed by atoms with Crippen molar-refractivity contribution < 1.29 is 4.74 Å². The fourth-order valence-electron chi connectivity index (χ4n) is 3.85. The smallest absolute Gasteiger partial charge is 0.0587 e. The third-order valence-corrected chi connectivity index (χ3v) is 5.49. The molecular weight excluding hydrogens is 186 g/mol. The first-order chi connectivity index (χ1) is 7.02. The Bertz CT molecular complexity index is 239. The minimum absolute atomic E-state index is 0.505. The molecule has 2 unspecified atom stereocenters. The van der Waals surface area contributed by atoms with Crippen LogP contribution in [0.3, 0.4) is 0 Å². The molecule has 2 heteroatoms. The Hall–Kier alpha value is -0.0800. The average Bonchev–Trinajstić information content (AvgIpc) is 2.51.